The Labute approximate surface area is 140 Å². The van der Waals surface area contributed by atoms with Crippen molar-refractivity contribution in [3.63, 3.8) is 0 Å². The molecule has 3 heteroatoms. The van der Waals surface area contributed by atoms with Crippen LogP contribution >= 0.6 is 11.6 Å². The molecule has 3 aromatic rings. The summed E-state index contributed by atoms with van der Waals surface area (Å²) in [4.78, 5) is 12.6. The van der Waals surface area contributed by atoms with Gasteiger partial charge in [-0.1, -0.05) is 54.1 Å². The van der Waals surface area contributed by atoms with Gasteiger partial charge in [-0.25, -0.2) is 0 Å². The third kappa shape index (κ3) is 3.43. The summed E-state index contributed by atoms with van der Waals surface area (Å²) in [6, 6.07) is 23.5. The average Bonchev–Trinajstić information content (AvgIpc) is 2.56. The van der Waals surface area contributed by atoms with Gasteiger partial charge in [0.2, 0.25) is 0 Å². The number of benzene rings is 3. The smallest absolute Gasteiger partial charge is 0.194 e. The molecule has 23 heavy (non-hydrogen) atoms. The monoisotopic (exact) mass is 320 g/mol. The van der Waals surface area contributed by atoms with Gasteiger partial charge in [0, 0.05) is 28.6 Å². The Morgan fingerprint density at radius 2 is 1.78 bits per heavy atom. The van der Waals surface area contributed by atoms with E-state index in [1.165, 1.54) is 0 Å². The minimum atomic E-state index is -0.0640. The number of hydrogen-bond acceptors (Lipinski definition) is 2. The van der Waals surface area contributed by atoms with Gasteiger partial charge in [0.25, 0.3) is 0 Å². The van der Waals surface area contributed by atoms with E-state index in [9.17, 15) is 4.79 Å². The zero-order valence-electron chi connectivity index (χ0n) is 12.6. The first-order valence-corrected chi connectivity index (χ1v) is 7.66. The molecule has 113 valence electrons. The zero-order chi connectivity index (χ0) is 16.2. The van der Waals surface area contributed by atoms with Crippen LogP contribution in [0, 0.1) is 13.0 Å². The van der Waals surface area contributed by atoms with Crippen LogP contribution in [0.4, 0.5) is 11.4 Å². The van der Waals surface area contributed by atoms with Crippen molar-refractivity contribution in [3.8, 4) is 0 Å². The number of carbonyl (C=O) groups is 1. The Bertz CT molecular complexity index is 843. The van der Waals surface area contributed by atoms with Crippen LogP contribution in [0.5, 0.6) is 0 Å². The van der Waals surface area contributed by atoms with E-state index in [1.807, 2.05) is 61.5 Å². The minimum absolute atomic E-state index is 0.0640. The summed E-state index contributed by atoms with van der Waals surface area (Å²) in [7, 11) is 0. The Hall–Kier alpha value is -2.58. The summed E-state index contributed by atoms with van der Waals surface area (Å²) in [6.45, 7) is 1.92. The van der Waals surface area contributed by atoms with Gasteiger partial charge in [-0.15, -0.1) is 0 Å². The van der Waals surface area contributed by atoms with Crippen LogP contribution in [-0.4, -0.2) is 5.78 Å². The largest absolute Gasteiger partial charge is 0.355 e. The van der Waals surface area contributed by atoms with E-state index >= 15 is 0 Å². The number of ketones is 1. The van der Waals surface area contributed by atoms with Crippen LogP contribution in [0.25, 0.3) is 0 Å². The van der Waals surface area contributed by atoms with Crippen molar-refractivity contribution in [1.29, 1.82) is 0 Å². The second-order valence-corrected chi connectivity index (χ2v) is 5.65. The minimum Gasteiger partial charge on any atom is -0.355 e. The molecular formula is C20H15ClNO. The topological polar surface area (TPSA) is 29.1 Å². The maximum absolute atomic E-state index is 12.6. The van der Waals surface area contributed by atoms with Crippen molar-refractivity contribution in [2.45, 2.75) is 6.92 Å². The predicted octanol–water partition coefficient (Wildman–Crippen LogP) is 5.42. The molecule has 0 unspecified atom stereocenters. The molecule has 0 aliphatic carbocycles. The first-order chi connectivity index (χ1) is 11.1. The summed E-state index contributed by atoms with van der Waals surface area (Å²) in [5, 5.41) is 3.64. The first kappa shape index (κ1) is 15.3. The summed E-state index contributed by atoms with van der Waals surface area (Å²) in [5.74, 6) is -0.0640. The van der Waals surface area contributed by atoms with Gasteiger partial charge >= 0.3 is 0 Å². The van der Waals surface area contributed by atoms with Crippen molar-refractivity contribution in [1.82, 2.24) is 0 Å². The quantitative estimate of drug-likeness (QED) is 0.650. The fraction of sp³-hybridized carbons (Fsp3) is 0.0500. The number of nitrogens with one attached hydrogen (secondary N) is 1. The third-order valence-electron chi connectivity index (χ3n) is 3.59. The molecule has 0 heterocycles. The van der Waals surface area contributed by atoms with E-state index in [0.29, 0.717) is 16.1 Å². The lowest BCUT2D eigenvalue weighted by atomic mass is 9.99. The van der Waals surface area contributed by atoms with Gasteiger partial charge in [0.1, 0.15) is 0 Å². The molecule has 0 bridgehead atoms. The molecule has 3 aromatic carbocycles. The van der Waals surface area contributed by atoms with E-state index in [-0.39, 0.29) is 5.78 Å². The van der Waals surface area contributed by atoms with Gasteiger partial charge in [0.15, 0.2) is 5.78 Å². The number of para-hydroxylation sites is 1. The number of aryl methyl sites for hydroxylation is 1. The van der Waals surface area contributed by atoms with Gasteiger partial charge in [-0.3, -0.25) is 4.79 Å². The molecule has 2 nitrogen and oxygen atoms in total. The maximum atomic E-state index is 12.6. The van der Waals surface area contributed by atoms with Crippen LogP contribution in [0.3, 0.4) is 0 Å². The Balaban J connectivity index is 1.88. The molecule has 1 radical (unpaired) electrons. The van der Waals surface area contributed by atoms with Crippen molar-refractivity contribution >= 4 is 28.8 Å². The summed E-state index contributed by atoms with van der Waals surface area (Å²) < 4.78 is 0. The highest BCUT2D eigenvalue weighted by Crippen LogP contribution is 2.26. The normalized spacial score (nSPS) is 10.3. The lowest BCUT2D eigenvalue weighted by molar-refractivity contribution is 0.103. The molecule has 0 saturated carbocycles. The maximum Gasteiger partial charge on any atom is 0.194 e. The summed E-state index contributed by atoms with van der Waals surface area (Å²) >= 11 is 6.32. The number of rotatable bonds is 4. The number of hydrogen-bond donors (Lipinski definition) is 1. The van der Waals surface area contributed by atoms with Gasteiger partial charge in [0.05, 0.1) is 5.02 Å². The molecule has 0 aromatic heterocycles. The van der Waals surface area contributed by atoms with E-state index in [4.69, 9.17) is 11.6 Å². The van der Waals surface area contributed by atoms with E-state index in [0.717, 1.165) is 16.9 Å². The number of carbonyl (C=O) groups excluding carboxylic acids is 1. The molecular weight excluding hydrogens is 306 g/mol. The Morgan fingerprint density at radius 3 is 2.48 bits per heavy atom. The summed E-state index contributed by atoms with van der Waals surface area (Å²) in [6.07, 6.45) is 0. The van der Waals surface area contributed by atoms with E-state index in [2.05, 4.69) is 11.4 Å². The van der Waals surface area contributed by atoms with Gasteiger partial charge in [-0.05, 0) is 36.8 Å². The highest BCUT2D eigenvalue weighted by atomic mass is 35.5. The number of halogens is 1. The van der Waals surface area contributed by atoms with E-state index in [1.54, 1.807) is 12.1 Å². The van der Waals surface area contributed by atoms with Crippen LogP contribution < -0.4 is 5.32 Å². The van der Waals surface area contributed by atoms with Crippen molar-refractivity contribution in [2.75, 3.05) is 5.32 Å². The van der Waals surface area contributed by atoms with Crippen molar-refractivity contribution in [2.24, 2.45) is 0 Å². The molecule has 3 rings (SSSR count). The molecule has 1 N–H and O–H groups in total. The average molecular weight is 321 g/mol. The highest BCUT2D eigenvalue weighted by molar-refractivity contribution is 6.35. The molecule has 0 aliphatic rings. The van der Waals surface area contributed by atoms with Gasteiger partial charge in [-0.2, -0.15) is 0 Å². The summed E-state index contributed by atoms with van der Waals surface area (Å²) in [5.41, 5.74) is 3.78. The molecule has 0 amide bonds. The van der Waals surface area contributed by atoms with Crippen molar-refractivity contribution in [3.05, 3.63) is 94.5 Å². The second kappa shape index (κ2) is 6.67. The van der Waals surface area contributed by atoms with Crippen molar-refractivity contribution < 1.29 is 4.79 Å². The lowest BCUT2D eigenvalue weighted by Crippen LogP contribution is -2.04. The number of anilines is 2. The standard InChI is InChI=1S/C20H15ClNO/c1-14-7-5-6-10-17(14)20(23)18-12-11-16(13-19(18)21)22-15-8-3-2-4-9-15/h2-8,10-13,22H,1H3. The fourth-order valence-corrected chi connectivity index (χ4v) is 2.64. The van der Waals surface area contributed by atoms with Crippen LogP contribution in [-0.2, 0) is 0 Å². The van der Waals surface area contributed by atoms with Crippen LogP contribution in [0.1, 0.15) is 21.5 Å². The fourth-order valence-electron chi connectivity index (χ4n) is 2.38. The van der Waals surface area contributed by atoms with Gasteiger partial charge < -0.3 is 5.32 Å². The Morgan fingerprint density at radius 1 is 1.00 bits per heavy atom. The predicted molar refractivity (Wildman–Crippen MR) is 94.6 cm³/mol. The Kier molecular flexibility index (Phi) is 4.45. The zero-order valence-corrected chi connectivity index (χ0v) is 13.4. The van der Waals surface area contributed by atoms with Crippen LogP contribution in [0.15, 0.2) is 66.7 Å². The highest BCUT2D eigenvalue weighted by Gasteiger charge is 2.15. The molecule has 0 spiro atoms. The molecule has 0 atom stereocenters. The lowest BCUT2D eigenvalue weighted by Gasteiger charge is -2.10. The SMILES string of the molecule is Cc1ccccc1C(=O)c1ccc(Nc2[c]cccc2)cc1Cl. The molecule has 0 fully saturated rings. The van der Waals surface area contributed by atoms with Crippen LogP contribution in [0.2, 0.25) is 5.02 Å². The third-order valence-corrected chi connectivity index (χ3v) is 3.90. The van der Waals surface area contributed by atoms with E-state index < -0.39 is 0 Å². The second-order valence-electron chi connectivity index (χ2n) is 5.24. The molecule has 0 saturated heterocycles. The molecule has 0 aliphatic heterocycles. The first-order valence-electron chi connectivity index (χ1n) is 7.29.